The van der Waals surface area contributed by atoms with E-state index in [1.54, 1.807) is 0 Å². The second-order valence-electron chi connectivity index (χ2n) is 6.08. The van der Waals surface area contributed by atoms with Crippen LogP contribution in [0, 0.1) is 0 Å². The third kappa shape index (κ3) is 5.63. The molecule has 140 valence electrons. The molecule has 0 aliphatic rings. The fourth-order valence-electron chi connectivity index (χ4n) is 2.77. The third-order valence-corrected chi connectivity index (χ3v) is 4.66. The van der Waals surface area contributed by atoms with E-state index in [4.69, 9.17) is 17.0 Å². The van der Waals surface area contributed by atoms with Crippen molar-refractivity contribution in [3.8, 4) is 5.75 Å². The number of benzene rings is 2. The topological polar surface area (TPSA) is 27.7 Å². The fourth-order valence-corrected chi connectivity index (χ4v) is 2.95. The highest BCUT2D eigenvalue weighted by molar-refractivity contribution is 7.80. The van der Waals surface area contributed by atoms with Crippen molar-refractivity contribution >= 4 is 28.7 Å². The zero-order valence-electron chi connectivity index (χ0n) is 16.2. The van der Waals surface area contributed by atoms with E-state index in [2.05, 4.69) is 48.3 Å². The lowest BCUT2D eigenvalue weighted by atomic mass is 10.2. The van der Waals surface area contributed by atoms with E-state index in [-0.39, 0.29) is 0 Å². The minimum atomic E-state index is 0.668. The Morgan fingerprint density at radius 1 is 0.962 bits per heavy atom. The summed E-state index contributed by atoms with van der Waals surface area (Å²) in [6.45, 7) is 9.80. The van der Waals surface area contributed by atoms with Gasteiger partial charge in [-0.3, -0.25) is 0 Å². The van der Waals surface area contributed by atoms with Crippen molar-refractivity contribution < 1.29 is 4.74 Å². The largest absolute Gasteiger partial charge is 0.494 e. The molecule has 0 radical (unpaired) electrons. The summed E-state index contributed by atoms with van der Waals surface area (Å²) in [7, 11) is 2.00. The summed E-state index contributed by atoms with van der Waals surface area (Å²) in [6.07, 6.45) is 0. The van der Waals surface area contributed by atoms with Crippen LogP contribution in [-0.4, -0.2) is 36.8 Å². The maximum absolute atomic E-state index is 5.52. The SMILES string of the molecule is CCOc1ccc(NC(=S)N(C)Cc2ccc(N(CC)CC)cc2)cc1. The van der Waals surface area contributed by atoms with Crippen molar-refractivity contribution in [2.75, 3.05) is 37.0 Å². The Morgan fingerprint density at radius 2 is 1.58 bits per heavy atom. The normalized spacial score (nSPS) is 10.3. The van der Waals surface area contributed by atoms with Crippen LogP contribution in [0.4, 0.5) is 11.4 Å². The molecule has 0 amide bonds. The van der Waals surface area contributed by atoms with Crippen LogP contribution in [0.5, 0.6) is 5.75 Å². The summed E-state index contributed by atoms with van der Waals surface area (Å²) < 4.78 is 5.46. The summed E-state index contributed by atoms with van der Waals surface area (Å²) in [6, 6.07) is 16.5. The van der Waals surface area contributed by atoms with Crippen molar-refractivity contribution in [3.63, 3.8) is 0 Å². The summed E-state index contributed by atoms with van der Waals surface area (Å²) in [4.78, 5) is 4.38. The molecule has 2 aromatic carbocycles. The van der Waals surface area contributed by atoms with Gasteiger partial charge in [0.25, 0.3) is 0 Å². The number of rotatable bonds is 8. The maximum Gasteiger partial charge on any atom is 0.173 e. The lowest BCUT2D eigenvalue weighted by Crippen LogP contribution is -2.30. The summed E-state index contributed by atoms with van der Waals surface area (Å²) in [5, 5.41) is 3.97. The predicted molar refractivity (Wildman–Crippen MR) is 115 cm³/mol. The van der Waals surface area contributed by atoms with Gasteiger partial charge in [0.1, 0.15) is 5.75 Å². The molecular formula is C21H29N3OS. The Morgan fingerprint density at radius 3 is 2.12 bits per heavy atom. The Bertz CT molecular complexity index is 681. The lowest BCUT2D eigenvalue weighted by Gasteiger charge is -2.23. The molecule has 2 aromatic rings. The third-order valence-electron chi connectivity index (χ3n) is 4.25. The first-order valence-electron chi connectivity index (χ1n) is 9.16. The zero-order valence-corrected chi connectivity index (χ0v) is 17.0. The molecule has 4 nitrogen and oxygen atoms in total. The number of ether oxygens (including phenoxy) is 1. The Kier molecular flexibility index (Phi) is 7.73. The molecular weight excluding hydrogens is 342 g/mol. The number of nitrogens with zero attached hydrogens (tertiary/aromatic N) is 2. The fraction of sp³-hybridized carbons (Fsp3) is 0.381. The van der Waals surface area contributed by atoms with E-state index in [1.165, 1.54) is 11.3 Å². The van der Waals surface area contributed by atoms with Gasteiger partial charge in [0, 0.05) is 38.1 Å². The Labute approximate surface area is 162 Å². The smallest absolute Gasteiger partial charge is 0.173 e. The number of nitrogens with one attached hydrogen (secondary N) is 1. The van der Waals surface area contributed by atoms with Crippen LogP contribution in [0.3, 0.4) is 0 Å². The number of hydrogen-bond donors (Lipinski definition) is 1. The molecule has 0 heterocycles. The number of thiocarbonyl (C=S) groups is 1. The predicted octanol–water partition coefficient (Wildman–Crippen LogP) is 4.76. The first-order valence-corrected chi connectivity index (χ1v) is 9.57. The Hall–Kier alpha value is -2.27. The molecule has 0 saturated carbocycles. The molecule has 0 bridgehead atoms. The first kappa shape index (κ1) is 20.0. The molecule has 0 saturated heterocycles. The second kappa shape index (κ2) is 10.0. The van der Waals surface area contributed by atoms with E-state index >= 15 is 0 Å². The quantitative estimate of drug-likeness (QED) is 0.675. The van der Waals surface area contributed by atoms with Gasteiger partial charge in [0.2, 0.25) is 0 Å². The summed E-state index contributed by atoms with van der Waals surface area (Å²) >= 11 is 5.52. The second-order valence-corrected chi connectivity index (χ2v) is 6.47. The van der Waals surface area contributed by atoms with Crippen molar-refractivity contribution in [3.05, 3.63) is 54.1 Å². The van der Waals surface area contributed by atoms with E-state index in [0.29, 0.717) is 11.7 Å². The van der Waals surface area contributed by atoms with Crippen LogP contribution < -0.4 is 15.0 Å². The molecule has 0 spiro atoms. The van der Waals surface area contributed by atoms with Crippen LogP contribution in [0.15, 0.2) is 48.5 Å². The van der Waals surface area contributed by atoms with E-state index in [9.17, 15) is 0 Å². The van der Waals surface area contributed by atoms with E-state index < -0.39 is 0 Å². The van der Waals surface area contributed by atoms with Crippen molar-refractivity contribution in [1.29, 1.82) is 0 Å². The minimum absolute atomic E-state index is 0.668. The molecule has 5 heteroatoms. The molecule has 1 N–H and O–H groups in total. The van der Waals surface area contributed by atoms with Gasteiger partial charge in [-0.2, -0.15) is 0 Å². The number of hydrogen-bond acceptors (Lipinski definition) is 3. The first-order chi connectivity index (χ1) is 12.6. The molecule has 0 fully saturated rings. The Balaban J connectivity index is 1.91. The molecule has 2 rings (SSSR count). The van der Waals surface area contributed by atoms with E-state index in [0.717, 1.165) is 31.1 Å². The molecule has 26 heavy (non-hydrogen) atoms. The van der Waals surface area contributed by atoms with Crippen LogP contribution in [-0.2, 0) is 6.54 Å². The van der Waals surface area contributed by atoms with Crippen molar-refractivity contribution in [2.24, 2.45) is 0 Å². The highest BCUT2D eigenvalue weighted by Crippen LogP contribution is 2.18. The van der Waals surface area contributed by atoms with Gasteiger partial charge in [-0.05, 0) is 75.0 Å². The van der Waals surface area contributed by atoms with Gasteiger partial charge in [-0.15, -0.1) is 0 Å². The highest BCUT2D eigenvalue weighted by Gasteiger charge is 2.07. The highest BCUT2D eigenvalue weighted by atomic mass is 32.1. The van der Waals surface area contributed by atoms with Crippen LogP contribution in [0.2, 0.25) is 0 Å². The van der Waals surface area contributed by atoms with E-state index in [1.807, 2.05) is 43.1 Å². The zero-order chi connectivity index (χ0) is 18.9. The summed E-state index contributed by atoms with van der Waals surface area (Å²) in [5.41, 5.74) is 3.46. The van der Waals surface area contributed by atoms with Gasteiger partial charge in [-0.25, -0.2) is 0 Å². The minimum Gasteiger partial charge on any atom is -0.494 e. The van der Waals surface area contributed by atoms with Gasteiger partial charge in [0.15, 0.2) is 5.11 Å². The molecule has 0 atom stereocenters. The molecule has 0 aliphatic heterocycles. The average Bonchev–Trinajstić information content (AvgIpc) is 2.66. The number of anilines is 2. The van der Waals surface area contributed by atoms with Gasteiger partial charge in [0.05, 0.1) is 6.61 Å². The van der Waals surface area contributed by atoms with Gasteiger partial charge >= 0.3 is 0 Å². The molecule has 0 aliphatic carbocycles. The van der Waals surface area contributed by atoms with Crippen molar-refractivity contribution in [1.82, 2.24) is 4.90 Å². The molecule has 0 unspecified atom stereocenters. The van der Waals surface area contributed by atoms with Crippen LogP contribution >= 0.6 is 12.2 Å². The van der Waals surface area contributed by atoms with Gasteiger partial charge < -0.3 is 19.9 Å². The van der Waals surface area contributed by atoms with Crippen molar-refractivity contribution in [2.45, 2.75) is 27.3 Å². The lowest BCUT2D eigenvalue weighted by molar-refractivity contribution is 0.340. The van der Waals surface area contributed by atoms with Gasteiger partial charge in [-0.1, -0.05) is 12.1 Å². The van der Waals surface area contributed by atoms with Crippen LogP contribution in [0.1, 0.15) is 26.3 Å². The summed E-state index contributed by atoms with van der Waals surface area (Å²) in [5.74, 6) is 0.866. The maximum atomic E-state index is 5.52. The standard InChI is InChI=1S/C21H29N3OS/c1-5-24(6-2)19-12-8-17(9-13-19)16-23(4)21(26)22-18-10-14-20(15-11-18)25-7-3/h8-15H,5-7,16H2,1-4H3,(H,22,26). The monoisotopic (exact) mass is 371 g/mol. The molecule has 0 aromatic heterocycles. The van der Waals surface area contributed by atoms with Crippen LogP contribution in [0.25, 0.3) is 0 Å². The average molecular weight is 372 g/mol.